The maximum Gasteiger partial charge on any atom is 0.248 e. The first kappa shape index (κ1) is 15.2. The van der Waals surface area contributed by atoms with Crippen LogP contribution >= 0.6 is 15.9 Å². The van der Waals surface area contributed by atoms with E-state index in [2.05, 4.69) is 30.8 Å². The van der Waals surface area contributed by atoms with E-state index < -0.39 is 6.61 Å². The first-order valence-electron chi connectivity index (χ1n) is 7.13. The SMILES string of the molecule is C[C@@H]1CN(c2ncc(Br)cn2)C(C2=CC=C2)CN1C(=O)CO. The zero-order valence-electron chi connectivity index (χ0n) is 12.2. The molecule has 1 saturated heterocycles. The molecule has 0 radical (unpaired) electrons. The zero-order valence-corrected chi connectivity index (χ0v) is 13.8. The lowest BCUT2D eigenvalue weighted by Gasteiger charge is -2.46. The third-order valence-corrected chi connectivity index (χ3v) is 4.43. The van der Waals surface area contributed by atoms with Gasteiger partial charge in [0.05, 0.1) is 10.5 Å². The van der Waals surface area contributed by atoms with Crippen LogP contribution in [0.4, 0.5) is 5.95 Å². The van der Waals surface area contributed by atoms with Gasteiger partial charge >= 0.3 is 0 Å². The van der Waals surface area contributed by atoms with Gasteiger partial charge in [0, 0.05) is 31.5 Å². The number of carbonyl (C=O) groups excluding carboxylic acids is 1. The largest absolute Gasteiger partial charge is 0.387 e. The van der Waals surface area contributed by atoms with Crippen LogP contribution in [0.5, 0.6) is 0 Å². The minimum absolute atomic E-state index is 0.00666. The second kappa shape index (κ2) is 6.18. The average Bonchev–Trinajstić information content (AvgIpc) is 2.47. The number of aromatic nitrogens is 2. The average molecular weight is 365 g/mol. The molecule has 116 valence electrons. The molecule has 1 aliphatic carbocycles. The topological polar surface area (TPSA) is 69.6 Å². The van der Waals surface area contributed by atoms with E-state index in [0.29, 0.717) is 19.0 Å². The maximum atomic E-state index is 11.9. The monoisotopic (exact) mass is 364 g/mol. The van der Waals surface area contributed by atoms with Gasteiger partial charge in [0.2, 0.25) is 11.9 Å². The smallest absolute Gasteiger partial charge is 0.248 e. The number of carbonyl (C=O) groups is 1. The number of aliphatic hydroxyl groups is 1. The van der Waals surface area contributed by atoms with Gasteiger partial charge in [-0.05, 0) is 28.4 Å². The molecule has 0 aromatic carbocycles. The third-order valence-electron chi connectivity index (χ3n) is 4.02. The molecule has 1 fully saturated rings. The molecule has 2 heterocycles. The van der Waals surface area contributed by atoms with Crippen LogP contribution in [0, 0.1) is 0 Å². The van der Waals surface area contributed by atoms with Gasteiger partial charge in [0.1, 0.15) is 6.61 Å². The summed E-state index contributed by atoms with van der Waals surface area (Å²) in [6.07, 6.45) is 9.50. The number of hydrogen-bond acceptors (Lipinski definition) is 5. The number of halogens is 1. The number of nitrogens with zero attached hydrogens (tertiary/aromatic N) is 4. The van der Waals surface area contributed by atoms with Crippen LogP contribution in [0.25, 0.3) is 0 Å². The van der Waals surface area contributed by atoms with Crippen molar-refractivity contribution in [1.29, 1.82) is 0 Å². The van der Waals surface area contributed by atoms with Crippen molar-refractivity contribution in [3.63, 3.8) is 0 Å². The molecule has 2 aliphatic rings. The van der Waals surface area contributed by atoms with Crippen molar-refractivity contribution in [3.8, 4) is 0 Å². The lowest BCUT2D eigenvalue weighted by molar-refractivity contribution is -0.137. The highest BCUT2D eigenvalue weighted by atomic mass is 79.9. The van der Waals surface area contributed by atoms with Crippen LogP contribution in [0.3, 0.4) is 0 Å². The molecule has 3 rings (SSSR count). The number of piperazine rings is 1. The second-order valence-electron chi connectivity index (χ2n) is 5.45. The van der Waals surface area contributed by atoms with Crippen molar-refractivity contribution in [2.45, 2.75) is 19.0 Å². The molecule has 1 N–H and O–H groups in total. The molecule has 1 aromatic rings. The summed E-state index contributed by atoms with van der Waals surface area (Å²) in [5.41, 5.74) is 1.15. The van der Waals surface area contributed by atoms with Crippen LogP contribution in [-0.2, 0) is 4.79 Å². The second-order valence-corrected chi connectivity index (χ2v) is 6.36. The molecule has 0 spiro atoms. The maximum absolute atomic E-state index is 11.9. The molecule has 7 heteroatoms. The van der Waals surface area contributed by atoms with Gasteiger partial charge in [-0.2, -0.15) is 0 Å². The Hall–Kier alpha value is -1.73. The van der Waals surface area contributed by atoms with E-state index in [1.54, 1.807) is 17.3 Å². The fourth-order valence-corrected chi connectivity index (χ4v) is 3.01. The van der Waals surface area contributed by atoms with Crippen molar-refractivity contribution in [3.05, 3.63) is 40.7 Å². The number of allylic oxidation sites excluding steroid dienone is 2. The number of amides is 1. The standard InChI is InChI=1S/C15H17BrN4O2/c1-10-7-20(15-17-5-12(16)6-18-15)13(11-3-2-4-11)8-19(10)14(22)9-21/h2-6,10,13,21H,7-9H2,1H3/t10-,13?/m1/s1. The molecule has 22 heavy (non-hydrogen) atoms. The van der Waals surface area contributed by atoms with Crippen LogP contribution in [0.15, 0.2) is 40.7 Å². The van der Waals surface area contributed by atoms with Crippen LogP contribution in [0.2, 0.25) is 0 Å². The minimum atomic E-state index is -0.458. The molecule has 1 aliphatic heterocycles. The van der Waals surface area contributed by atoms with E-state index >= 15 is 0 Å². The van der Waals surface area contributed by atoms with Crippen molar-refractivity contribution in [2.24, 2.45) is 0 Å². The quantitative estimate of drug-likeness (QED) is 0.870. The highest BCUT2D eigenvalue weighted by Gasteiger charge is 2.36. The Morgan fingerprint density at radius 3 is 2.64 bits per heavy atom. The summed E-state index contributed by atoms with van der Waals surface area (Å²) in [4.78, 5) is 24.5. The lowest BCUT2D eigenvalue weighted by Crippen LogP contribution is -2.60. The van der Waals surface area contributed by atoms with Crippen molar-refractivity contribution in [2.75, 3.05) is 24.6 Å². The Balaban J connectivity index is 1.88. The lowest BCUT2D eigenvalue weighted by atomic mass is 9.95. The van der Waals surface area contributed by atoms with Gasteiger partial charge in [-0.1, -0.05) is 18.2 Å². The highest BCUT2D eigenvalue weighted by Crippen LogP contribution is 2.28. The minimum Gasteiger partial charge on any atom is -0.387 e. The van der Waals surface area contributed by atoms with E-state index in [9.17, 15) is 4.79 Å². The van der Waals surface area contributed by atoms with E-state index in [1.165, 1.54) is 0 Å². The van der Waals surface area contributed by atoms with Crippen molar-refractivity contribution >= 4 is 27.8 Å². The van der Waals surface area contributed by atoms with Gasteiger partial charge in [0.15, 0.2) is 0 Å². The van der Waals surface area contributed by atoms with E-state index in [1.807, 2.05) is 25.2 Å². The zero-order chi connectivity index (χ0) is 15.7. The fraction of sp³-hybridized carbons (Fsp3) is 0.400. The number of aliphatic hydroxyl groups excluding tert-OH is 1. The summed E-state index contributed by atoms with van der Waals surface area (Å²) in [6, 6.07) is 0.00526. The molecule has 1 amide bonds. The van der Waals surface area contributed by atoms with Gasteiger partial charge in [0.25, 0.3) is 0 Å². The first-order valence-corrected chi connectivity index (χ1v) is 7.92. The molecule has 6 nitrogen and oxygen atoms in total. The highest BCUT2D eigenvalue weighted by molar-refractivity contribution is 9.10. The summed E-state index contributed by atoms with van der Waals surface area (Å²) < 4.78 is 0.831. The number of rotatable bonds is 3. The van der Waals surface area contributed by atoms with E-state index in [4.69, 9.17) is 5.11 Å². The molecular formula is C15H17BrN4O2. The summed E-state index contributed by atoms with van der Waals surface area (Å²) >= 11 is 3.34. The summed E-state index contributed by atoms with van der Waals surface area (Å²) in [7, 11) is 0. The van der Waals surface area contributed by atoms with Crippen LogP contribution in [-0.4, -0.2) is 57.7 Å². The normalized spacial score (nSPS) is 24.0. The van der Waals surface area contributed by atoms with Gasteiger partial charge < -0.3 is 14.9 Å². The van der Waals surface area contributed by atoms with Crippen LogP contribution in [0.1, 0.15) is 6.92 Å². The first-order chi connectivity index (χ1) is 10.6. The van der Waals surface area contributed by atoms with E-state index in [-0.39, 0.29) is 18.0 Å². The molecule has 2 atom stereocenters. The molecule has 0 saturated carbocycles. The Morgan fingerprint density at radius 1 is 1.41 bits per heavy atom. The van der Waals surface area contributed by atoms with E-state index in [0.717, 1.165) is 10.0 Å². The van der Waals surface area contributed by atoms with Crippen LogP contribution < -0.4 is 4.90 Å². The van der Waals surface area contributed by atoms with Gasteiger partial charge in [-0.15, -0.1) is 0 Å². The van der Waals surface area contributed by atoms with Crippen molar-refractivity contribution in [1.82, 2.24) is 14.9 Å². The Morgan fingerprint density at radius 2 is 2.09 bits per heavy atom. The predicted molar refractivity (Wildman–Crippen MR) is 86.3 cm³/mol. The molecule has 1 aromatic heterocycles. The molecule has 1 unspecified atom stereocenters. The number of anilines is 1. The van der Waals surface area contributed by atoms with Gasteiger partial charge in [-0.25, -0.2) is 9.97 Å². The summed E-state index contributed by atoms with van der Waals surface area (Å²) in [5, 5.41) is 9.15. The summed E-state index contributed by atoms with van der Waals surface area (Å²) in [6.45, 7) is 2.67. The molecular weight excluding hydrogens is 348 g/mol. The Bertz CT molecular complexity index is 629. The Labute approximate surface area is 137 Å². The number of hydrogen-bond donors (Lipinski definition) is 1. The molecule has 0 bridgehead atoms. The third kappa shape index (κ3) is 2.78. The Kier molecular flexibility index (Phi) is 4.26. The predicted octanol–water partition coefficient (Wildman–Crippen LogP) is 1.13. The summed E-state index contributed by atoms with van der Waals surface area (Å²) in [5.74, 6) is 0.412. The van der Waals surface area contributed by atoms with Crippen molar-refractivity contribution < 1.29 is 9.90 Å². The van der Waals surface area contributed by atoms with Gasteiger partial charge in [-0.3, -0.25) is 4.79 Å². The fourth-order valence-electron chi connectivity index (χ4n) is 2.80.